The van der Waals surface area contributed by atoms with Crippen molar-refractivity contribution in [1.29, 1.82) is 0 Å². The topological polar surface area (TPSA) is 42.0 Å². The molecule has 1 aromatic rings. The van der Waals surface area contributed by atoms with E-state index in [1.165, 1.54) is 12.8 Å². The second-order valence-electron chi connectivity index (χ2n) is 7.48. The van der Waals surface area contributed by atoms with Gasteiger partial charge in [-0.2, -0.15) is 0 Å². The van der Waals surface area contributed by atoms with Crippen LogP contribution in [0.2, 0.25) is 0 Å². The molecule has 0 aromatic heterocycles. The summed E-state index contributed by atoms with van der Waals surface area (Å²) in [5.41, 5.74) is 1.39. The molecule has 0 N–H and O–H groups in total. The highest BCUT2D eigenvalue weighted by Crippen LogP contribution is 2.40. The van der Waals surface area contributed by atoms with E-state index in [9.17, 15) is 4.79 Å². The van der Waals surface area contributed by atoms with Gasteiger partial charge in [0.15, 0.2) is 11.5 Å². The predicted octanol–water partition coefficient (Wildman–Crippen LogP) is 3.09. The maximum atomic E-state index is 12.2. The summed E-state index contributed by atoms with van der Waals surface area (Å²) in [6.45, 7) is 6.62. The number of nitrogens with zero attached hydrogens (tertiary/aromatic N) is 2. The highest BCUT2D eigenvalue weighted by Gasteiger charge is 2.42. The van der Waals surface area contributed by atoms with Crippen LogP contribution in [0.15, 0.2) is 30.4 Å². The molecule has 5 nitrogen and oxygen atoms in total. The number of piperidine rings is 1. The molecule has 2 aliphatic heterocycles. The zero-order valence-electron chi connectivity index (χ0n) is 16.2. The van der Waals surface area contributed by atoms with E-state index in [2.05, 4.69) is 11.0 Å². The third-order valence-corrected chi connectivity index (χ3v) is 5.68. The third kappa shape index (κ3) is 3.88. The van der Waals surface area contributed by atoms with E-state index in [1.54, 1.807) is 20.3 Å². The van der Waals surface area contributed by atoms with E-state index in [0.717, 1.165) is 56.2 Å². The highest BCUT2D eigenvalue weighted by molar-refractivity contribution is 5.87. The number of methoxy groups -OCH3 is 2. The van der Waals surface area contributed by atoms with E-state index in [4.69, 9.17) is 9.47 Å². The number of hydrogen-bond acceptors (Lipinski definition) is 4. The van der Waals surface area contributed by atoms with Crippen molar-refractivity contribution in [3.8, 4) is 11.5 Å². The second kappa shape index (κ2) is 8.12. The molecule has 0 unspecified atom stereocenters. The molecular formula is C21H30N2O3. The quantitative estimate of drug-likeness (QED) is 0.759. The number of benzene rings is 1. The number of allylic oxidation sites excluding steroid dienone is 1. The maximum Gasteiger partial charge on any atom is 0.246 e. The Hall–Kier alpha value is -2.01. The fourth-order valence-electron chi connectivity index (χ4n) is 4.47. The second-order valence-corrected chi connectivity index (χ2v) is 7.48. The van der Waals surface area contributed by atoms with Crippen molar-refractivity contribution >= 4 is 5.91 Å². The molecule has 0 bridgehead atoms. The van der Waals surface area contributed by atoms with Gasteiger partial charge in [0.1, 0.15) is 0 Å². The van der Waals surface area contributed by atoms with E-state index in [1.807, 2.05) is 30.0 Å². The van der Waals surface area contributed by atoms with Gasteiger partial charge in [-0.3, -0.25) is 9.69 Å². The Morgan fingerprint density at radius 3 is 2.77 bits per heavy atom. The average molecular weight is 358 g/mol. The predicted molar refractivity (Wildman–Crippen MR) is 103 cm³/mol. The minimum Gasteiger partial charge on any atom is -0.493 e. The zero-order valence-corrected chi connectivity index (χ0v) is 16.2. The standard InChI is InChI=1S/C21H30N2O3/c1-4-7-19(24)23-13-11-21(16-23)10-6-12-22(15-21)14-17-8-5-9-18(25-2)20(17)26-3/h4-5,7-9H,6,10-16H2,1-3H3/b7-4+/t21-/m1/s1. The van der Waals surface area contributed by atoms with Gasteiger partial charge in [0.05, 0.1) is 14.2 Å². The van der Waals surface area contributed by atoms with Crippen molar-refractivity contribution < 1.29 is 14.3 Å². The van der Waals surface area contributed by atoms with Gasteiger partial charge in [-0.15, -0.1) is 0 Å². The van der Waals surface area contributed by atoms with Crippen molar-refractivity contribution in [3.63, 3.8) is 0 Å². The summed E-state index contributed by atoms with van der Waals surface area (Å²) in [6, 6.07) is 6.06. The molecule has 1 spiro atoms. The molecule has 1 atom stereocenters. The first kappa shape index (κ1) is 18.8. The lowest BCUT2D eigenvalue weighted by molar-refractivity contribution is -0.125. The van der Waals surface area contributed by atoms with E-state index < -0.39 is 0 Å². The van der Waals surface area contributed by atoms with E-state index >= 15 is 0 Å². The SMILES string of the molecule is C/C=C/C(=O)N1CC[C@@]2(CCCN(Cc3cccc(OC)c3OC)C2)C1. The van der Waals surface area contributed by atoms with Crippen LogP contribution in [-0.2, 0) is 11.3 Å². The third-order valence-electron chi connectivity index (χ3n) is 5.68. The van der Waals surface area contributed by atoms with Crippen LogP contribution in [0.5, 0.6) is 11.5 Å². The van der Waals surface area contributed by atoms with Gasteiger partial charge in [0, 0.05) is 37.2 Å². The van der Waals surface area contributed by atoms with Crippen LogP contribution in [0.3, 0.4) is 0 Å². The Labute approximate surface area is 156 Å². The lowest BCUT2D eigenvalue weighted by Crippen LogP contribution is -2.44. The van der Waals surface area contributed by atoms with Gasteiger partial charge in [-0.05, 0) is 44.9 Å². The van der Waals surface area contributed by atoms with Crippen molar-refractivity contribution in [2.45, 2.75) is 32.7 Å². The van der Waals surface area contributed by atoms with Crippen molar-refractivity contribution in [2.24, 2.45) is 5.41 Å². The first-order chi connectivity index (χ1) is 12.6. The van der Waals surface area contributed by atoms with Gasteiger partial charge < -0.3 is 14.4 Å². The van der Waals surface area contributed by atoms with Gasteiger partial charge >= 0.3 is 0 Å². The summed E-state index contributed by atoms with van der Waals surface area (Å²) in [5.74, 6) is 1.75. The van der Waals surface area contributed by atoms with Gasteiger partial charge in [0.2, 0.25) is 5.91 Å². The van der Waals surface area contributed by atoms with E-state index in [-0.39, 0.29) is 11.3 Å². The normalized spacial score (nSPS) is 23.7. The van der Waals surface area contributed by atoms with Crippen molar-refractivity contribution in [1.82, 2.24) is 9.80 Å². The van der Waals surface area contributed by atoms with Crippen LogP contribution in [0, 0.1) is 5.41 Å². The number of likely N-dealkylation sites (tertiary alicyclic amines) is 2. The van der Waals surface area contributed by atoms with Gasteiger partial charge in [-0.1, -0.05) is 18.2 Å². The molecule has 0 radical (unpaired) electrons. The number of hydrogen-bond donors (Lipinski definition) is 0. The molecule has 2 fully saturated rings. The molecular weight excluding hydrogens is 328 g/mol. The molecule has 0 saturated carbocycles. The molecule has 5 heteroatoms. The monoisotopic (exact) mass is 358 g/mol. The van der Waals surface area contributed by atoms with Gasteiger partial charge in [-0.25, -0.2) is 0 Å². The zero-order chi connectivity index (χ0) is 18.6. The molecule has 3 rings (SSSR count). The number of amides is 1. The Morgan fingerprint density at radius 2 is 2.04 bits per heavy atom. The lowest BCUT2D eigenvalue weighted by atomic mass is 9.79. The largest absolute Gasteiger partial charge is 0.493 e. The summed E-state index contributed by atoms with van der Waals surface area (Å²) < 4.78 is 11.0. The molecule has 0 aliphatic carbocycles. The summed E-state index contributed by atoms with van der Waals surface area (Å²) in [7, 11) is 3.37. The Balaban J connectivity index is 1.69. The summed E-state index contributed by atoms with van der Waals surface area (Å²) in [4.78, 5) is 16.7. The van der Waals surface area contributed by atoms with E-state index in [0.29, 0.717) is 0 Å². The first-order valence-electron chi connectivity index (χ1n) is 9.44. The van der Waals surface area contributed by atoms with Crippen LogP contribution in [-0.4, -0.2) is 56.1 Å². The average Bonchev–Trinajstić information content (AvgIpc) is 3.05. The number of rotatable bonds is 5. The minimum atomic E-state index is 0.149. The molecule has 1 amide bonds. The molecule has 2 aliphatic rings. The first-order valence-corrected chi connectivity index (χ1v) is 9.44. The fourth-order valence-corrected chi connectivity index (χ4v) is 4.47. The van der Waals surface area contributed by atoms with Crippen LogP contribution in [0.25, 0.3) is 0 Å². The Bertz CT molecular complexity index is 673. The molecule has 1 aromatic carbocycles. The van der Waals surface area contributed by atoms with Crippen LogP contribution in [0.4, 0.5) is 0 Å². The maximum absolute atomic E-state index is 12.2. The molecule has 2 heterocycles. The van der Waals surface area contributed by atoms with Crippen molar-refractivity contribution in [2.75, 3.05) is 40.4 Å². The Kier molecular flexibility index (Phi) is 5.87. The number of carbonyl (C=O) groups is 1. The Morgan fingerprint density at radius 1 is 1.19 bits per heavy atom. The molecule has 2 saturated heterocycles. The highest BCUT2D eigenvalue weighted by atomic mass is 16.5. The van der Waals surface area contributed by atoms with Gasteiger partial charge in [0.25, 0.3) is 0 Å². The summed E-state index contributed by atoms with van der Waals surface area (Å²) >= 11 is 0. The fraction of sp³-hybridized carbons (Fsp3) is 0.571. The number of ether oxygens (including phenoxy) is 2. The number of carbonyl (C=O) groups excluding carboxylic acids is 1. The lowest BCUT2D eigenvalue weighted by Gasteiger charge is -2.40. The van der Waals surface area contributed by atoms with Crippen LogP contribution < -0.4 is 9.47 Å². The van der Waals surface area contributed by atoms with Crippen molar-refractivity contribution in [3.05, 3.63) is 35.9 Å². The smallest absolute Gasteiger partial charge is 0.246 e. The molecule has 26 heavy (non-hydrogen) atoms. The number of para-hydroxylation sites is 1. The van der Waals surface area contributed by atoms with Crippen LogP contribution in [0.1, 0.15) is 31.7 Å². The summed E-state index contributed by atoms with van der Waals surface area (Å²) in [6.07, 6.45) is 6.99. The van der Waals surface area contributed by atoms with Crippen LogP contribution >= 0.6 is 0 Å². The minimum absolute atomic E-state index is 0.149. The summed E-state index contributed by atoms with van der Waals surface area (Å²) in [5, 5.41) is 0. The molecule has 142 valence electrons.